The summed E-state index contributed by atoms with van der Waals surface area (Å²) in [4.78, 5) is 0. The molecule has 1 atom stereocenters. The van der Waals surface area contributed by atoms with Gasteiger partial charge in [0, 0.05) is 6.04 Å². The number of allylic oxidation sites excluding steroid dienone is 1. The van der Waals surface area contributed by atoms with E-state index in [2.05, 4.69) is 12.0 Å². The minimum atomic E-state index is 0.499. The second kappa shape index (κ2) is 4.97. The van der Waals surface area contributed by atoms with Crippen molar-refractivity contribution in [2.45, 2.75) is 63.8 Å². The van der Waals surface area contributed by atoms with E-state index in [1.54, 1.807) is 0 Å². The maximum Gasteiger partial charge on any atom is 0.0218 e. The molecule has 102 valence electrons. The fourth-order valence-electron chi connectivity index (χ4n) is 5.63. The maximum absolute atomic E-state index is 5.76. The lowest BCUT2D eigenvalue weighted by Gasteiger charge is -2.57. The molecule has 4 saturated carbocycles. The van der Waals surface area contributed by atoms with Crippen LogP contribution in [0.1, 0.15) is 57.8 Å². The summed E-state index contributed by atoms with van der Waals surface area (Å²) >= 11 is 0. The molecule has 0 amide bonds. The van der Waals surface area contributed by atoms with Gasteiger partial charge in [0.15, 0.2) is 0 Å². The Bertz CT molecular complexity index is 275. The Morgan fingerprint density at radius 1 is 1.17 bits per heavy atom. The van der Waals surface area contributed by atoms with E-state index >= 15 is 0 Å². The largest absolute Gasteiger partial charge is 0.271 e. The van der Waals surface area contributed by atoms with Crippen molar-refractivity contribution < 1.29 is 0 Å². The topological polar surface area (TPSA) is 38.0 Å². The zero-order valence-corrected chi connectivity index (χ0v) is 11.5. The highest BCUT2D eigenvalue weighted by molar-refractivity contribution is 5.02. The molecular formula is C16H28N2. The molecule has 4 aliphatic carbocycles. The summed E-state index contributed by atoms with van der Waals surface area (Å²) in [5.41, 5.74) is 3.71. The monoisotopic (exact) mass is 248 g/mol. The molecule has 2 heteroatoms. The van der Waals surface area contributed by atoms with Crippen LogP contribution in [0, 0.1) is 23.2 Å². The molecule has 4 rings (SSSR count). The highest BCUT2D eigenvalue weighted by Gasteiger charge is 2.51. The SMILES string of the molecule is C=CCCC(CC12CC3CC(CC(C3)C1)C2)NN. The molecule has 0 aromatic heterocycles. The fraction of sp³-hybridized carbons (Fsp3) is 0.875. The van der Waals surface area contributed by atoms with E-state index in [1.807, 2.05) is 6.08 Å². The molecule has 4 aliphatic rings. The summed E-state index contributed by atoms with van der Waals surface area (Å²) in [6.45, 7) is 3.82. The summed E-state index contributed by atoms with van der Waals surface area (Å²) < 4.78 is 0. The van der Waals surface area contributed by atoms with Crippen LogP contribution < -0.4 is 11.3 Å². The van der Waals surface area contributed by atoms with Gasteiger partial charge in [-0.05, 0) is 81.0 Å². The number of hydrogen-bond donors (Lipinski definition) is 2. The quantitative estimate of drug-likeness (QED) is 0.429. The minimum absolute atomic E-state index is 0.499. The average Bonchev–Trinajstić information content (AvgIpc) is 2.32. The van der Waals surface area contributed by atoms with Gasteiger partial charge >= 0.3 is 0 Å². The van der Waals surface area contributed by atoms with Crippen molar-refractivity contribution in [3.63, 3.8) is 0 Å². The second-order valence-electron chi connectivity index (χ2n) is 7.35. The molecule has 4 fully saturated rings. The molecule has 4 bridgehead atoms. The van der Waals surface area contributed by atoms with Crippen LogP contribution in [0.25, 0.3) is 0 Å². The van der Waals surface area contributed by atoms with E-state index in [9.17, 15) is 0 Å². The van der Waals surface area contributed by atoms with Crippen molar-refractivity contribution in [3.8, 4) is 0 Å². The van der Waals surface area contributed by atoms with Crippen molar-refractivity contribution in [2.75, 3.05) is 0 Å². The van der Waals surface area contributed by atoms with E-state index in [1.165, 1.54) is 44.9 Å². The Kier molecular flexibility index (Phi) is 3.50. The first-order valence-electron chi connectivity index (χ1n) is 7.80. The van der Waals surface area contributed by atoms with Gasteiger partial charge in [-0.25, -0.2) is 0 Å². The van der Waals surface area contributed by atoms with Gasteiger partial charge in [-0.3, -0.25) is 11.3 Å². The third-order valence-electron chi connectivity index (χ3n) is 5.80. The zero-order chi connectivity index (χ0) is 12.6. The van der Waals surface area contributed by atoms with Crippen LogP contribution in [0.4, 0.5) is 0 Å². The smallest absolute Gasteiger partial charge is 0.0218 e. The van der Waals surface area contributed by atoms with Crippen molar-refractivity contribution in [1.82, 2.24) is 5.43 Å². The number of rotatable bonds is 6. The van der Waals surface area contributed by atoms with Crippen LogP contribution in [0.2, 0.25) is 0 Å². The van der Waals surface area contributed by atoms with Gasteiger partial charge < -0.3 is 0 Å². The summed E-state index contributed by atoms with van der Waals surface area (Å²) in [5, 5.41) is 0. The molecule has 0 spiro atoms. The zero-order valence-electron chi connectivity index (χ0n) is 11.5. The second-order valence-corrected chi connectivity index (χ2v) is 7.35. The molecule has 0 radical (unpaired) electrons. The van der Waals surface area contributed by atoms with Crippen molar-refractivity contribution >= 4 is 0 Å². The molecule has 2 nitrogen and oxygen atoms in total. The lowest BCUT2D eigenvalue weighted by atomic mass is 9.48. The minimum Gasteiger partial charge on any atom is -0.271 e. The molecule has 0 aromatic rings. The third kappa shape index (κ3) is 2.37. The first kappa shape index (κ1) is 12.7. The summed E-state index contributed by atoms with van der Waals surface area (Å²) in [5.74, 6) is 8.91. The Labute approximate surface area is 111 Å². The van der Waals surface area contributed by atoms with E-state index in [0.717, 1.165) is 30.6 Å². The predicted molar refractivity (Wildman–Crippen MR) is 75.8 cm³/mol. The fourth-order valence-corrected chi connectivity index (χ4v) is 5.63. The Morgan fingerprint density at radius 3 is 2.17 bits per heavy atom. The third-order valence-corrected chi connectivity index (χ3v) is 5.80. The standard InChI is InChI=1S/C16H28N2/c1-2-3-4-15(18-17)11-16-8-12-5-13(9-16)7-14(6-12)10-16/h2,12-15,18H,1,3-11,17H2. The molecule has 3 N–H and O–H groups in total. The number of nitrogens with two attached hydrogens (primary N) is 1. The van der Waals surface area contributed by atoms with Crippen LogP contribution in [-0.2, 0) is 0 Å². The first-order valence-corrected chi connectivity index (χ1v) is 7.80. The molecule has 0 aromatic carbocycles. The van der Waals surface area contributed by atoms with Gasteiger partial charge in [0.2, 0.25) is 0 Å². The van der Waals surface area contributed by atoms with Crippen LogP contribution in [-0.4, -0.2) is 6.04 Å². The number of hydrogen-bond acceptors (Lipinski definition) is 2. The van der Waals surface area contributed by atoms with Gasteiger partial charge in [-0.1, -0.05) is 6.08 Å². The van der Waals surface area contributed by atoms with E-state index in [-0.39, 0.29) is 0 Å². The van der Waals surface area contributed by atoms with Gasteiger partial charge in [-0.15, -0.1) is 6.58 Å². The van der Waals surface area contributed by atoms with Gasteiger partial charge in [0.1, 0.15) is 0 Å². The van der Waals surface area contributed by atoms with E-state index < -0.39 is 0 Å². The first-order chi connectivity index (χ1) is 8.73. The average molecular weight is 248 g/mol. The molecule has 1 unspecified atom stereocenters. The lowest BCUT2D eigenvalue weighted by Crippen LogP contribution is -2.49. The van der Waals surface area contributed by atoms with Crippen molar-refractivity contribution in [2.24, 2.45) is 29.0 Å². The molecular weight excluding hydrogens is 220 g/mol. The van der Waals surface area contributed by atoms with Gasteiger partial charge in [0.25, 0.3) is 0 Å². The van der Waals surface area contributed by atoms with Crippen LogP contribution >= 0.6 is 0 Å². The Balaban J connectivity index is 1.65. The molecule has 0 saturated heterocycles. The maximum atomic E-state index is 5.76. The van der Waals surface area contributed by atoms with Crippen molar-refractivity contribution in [1.29, 1.82) is 0 Å². The molecule has 18 heavy (non-hydrogen) atoms. The predicted octanol–water partition coefficient (Wildman–Crippen LogP) is 3.39. The molecule has 0 aliphatic heterocycles. The van der Waals surface area contributed by atoms with Crippen LogP contribution in [0.15, 0.2) is 12.7 Å². The number of nitrogens with one attached hydrogen (secondary N) is 1. The lowest BCUT2D eigenvalue weighted by molar-refractivity contribution is -0.0623. The highest BCUT2D eigenvalue weighted by atomic mass is 15.2. The van der Waals surface area contributed by atoms with Gasteiger partial charge in [0.05, 0.1) is 0 Å². The van der Waals surface area contributed by atoms with Crippen molar-refractivity contribution in [3.05, 3.63) is 12.7 Å². The normalized spacial score (nSPS) is 43.1. The molecule has 0 heterocycles. The van der Waals surface area contributed by atoms with Crippen LogP contribution in [0.5, 0.6) is 0 Å². The summed E-state index contributed by atoms with van der Waals surface area (Å²) in [7, 11) is 0. The summed E-state index contributed by atoms with van der Waals surface area (Å²) in [6, 6.07) is 0.499. The summed E-state index contributed by atoms with van der Waals surface area (Å²) in [6.07, 6.45) is 14.6. The van der Waals surface area contributed by atoms with E-state index in [0.29, 0.717) is 11.5 Å². The van der Waals surface area contributed by atoms with E-state index in [4.69, 9.17) is 5.84 Å². The highest BCUT2D eigenvalue weighted by Crippen LogP contribution is 2.61. The van der Waals surface area contributed by atoms with Crippen LogP contribution in [0.3, 0.4) is 0 Å². The number of hydrazine groups is 1. The van der Waals surface area contributed by atoms with Gasteiger partial charge in [-0.2, -0.15) is 0 Å². The Hall–Kier alpha value is -0.340. The Morgan fingerprint density at radius 2 is 1.72 bits per heavy atom.